The van der Waals surface area contributed by atoms with Crippen LogP contribution in [0.15, 0.2) is 36.5 Å². The maximum Gasteiger partial charge on any atom is 0.273 e. The van der Waals surface area contributed by atoms with Crippen LogP contribution in [0.1, 0.15) is 17.4 Å². The van der Waals surface area contributed by atoms with Crippen molar-refractivity contribution in [1.82, 2.24) is 4.98 Å². The number of hydrogen-bond donors (Lipinski definition) is 0. The van der Waals surface area contributed by atoms with Crippen LogP contribution >= 0.6 is 11.6 Å². The number of ketones is 1. The molecule has 0 aliphatic carbocycles. The second-order valence-corrected chi connectivity index (χ2v) is 4.32. The van der Waals surface area contributed by atoms with Crippen LogP contribution < -0.4 is 4.74 Å². The summed E-state index contributed by atoms with van der Waals surface area (Å²) < 4.78 is 5.42. The van der Waals surface area contributed by atoms with Gasteiger partial charge in [0.05, 0.1) is 22.2 Å². The monoisotopic (exact) mass is 292 g/mol. The highest BCUT2D eigenvalue weighted by Gasteiger charge is 2.12. The first-order valence-electron chi connectivity index (χ1n) is 5.56. The third kappa shape index (κ3) is 3.10. The molecule has 1 heterocycles. The molecule has 0 amide bonds. The zero-order chi connectivity index (χ0) is 14.7. The van der Waals surface area contributed by atoms with Crippen molar-refractivity contribution in [3.05, 3.63) is 57.4 Å². The van der Waals surface area contributed by atoms with Gasteiger partial charge in [0, 0.05) is 13.0 Å². The van der Waals surface area contributed by atoms with Crippen LogP contribution in [-0.4, -0.2) is 15.7 Å². The van der Waals surface area contributed by atoms with Crippen LogP contribution in [0.3, 0.4) is 0 Å². The first-order chi connectivity index (χ1) is 9.47. The fourth-order valence-electron chi connectivity index (χ4n) is 1.46. The minimum absolute atomic E-state index is 0.127. The van der Waals surface area contributed by atoms with Gasteiger partial charge in [-0.3, -0.25) is 14.9 Å². The summed E-state index contributed by atoms with van der Waals surface area (Å²) in [7, 11) is 0. The predicted molar refractivity (Wildman–Crippen MR) is 72.4 cm³/mol. The summed E-state index contributed by atoms with van der Waals surface area (Å²) in [5.41, 5.74) is 0.181. The van der Waals surface area contributed by atoms with E-state index < -0.39 is 4.92 Å². The zero-order valence-corrected chi connectivity index (χ0v) is 11.1. The van der Waals surface area contributed by atoms with Gasteiger partial charge in [0.2, 0.25) is 0 Å². The van der Waals surface area contributed by atoms with Gasteiger partial charge >= 0.3 is 0 Å². The highest BCUT2D eigenvalue weighted by molar-refractivity contribution is 6.32. The number of nitrogens with zero attached hydrogens (tertiary/aromatic N) is 2. The number of non-ortho nitro benzene ring substituents is 1. The number of Topliss-reactive ketones (excluding diaryl/α,β-unsaturated/α-hetero) is 1. The molecule has 0 N–H and O–H groups in total. The molecule has 0 fully saturated rings. The standard InChI is InChI=1S/C13H9ClN2O4/c1-8(17)12-5-3-10(7-15-12)20-13-6-9(16(18)19)2-4-11(13)14/h2-7H,1H3. The molecular formula is C13H9ClN2O4. The van der Waals surface area contributed by atoms with E-state index in [0.717, 1.165) is 0 Å². The molecule has 20 heavy (non-hydrogen) atoms. The van der Waals surface area contributed by atoms with Gasteiger partial charge in [0.15, 0.2) is 11.5 Å². The third-order valence-corrected chi connectivity index (χ3v) is 2.76. The molecule has 0 aliphatic heterocycles. The van der Waals surface area contributed by atoms with E-state index in [1.54, 1.807) is 6.07 Å². The zero-order valence-electron chi connectivity index (χ0n) is 10.4. The molecule has 0 unspecified atom stereocenters. The lowest BCUT2D eigenvalue weighted by Gasteiger charge is -2.07. The third-order valence-electron chi connectivity index (χ3n) is 2.45. The first-order valence-corrected chi connectivity index (χ1v) is 5.94. The highest BCUT2D eigenvalue weighted by atomic mass is 35.5. The maximum atomic E-state index is 11.1. The number of benzene rings is 1. The number of halogens is 1. The molecule has 2 aromatic rings. The Morgan fingerprint density at radius 3 is 2.65 bits per heavy atom. The molecule has 0 atom stereocenters. The number of hydrogen-bond acceptors (Lipinski definition) is 5. The first kappa shape index (κ1) is 14.0. The van der Waals surface area contributed by atoms with Gasteiger partial charge in [0.1, 0.15) is 11.4 Å². The van der Waals surface area contributed by atoms with Crippen molar-refractivity contribution in [2.45, 2.75) is 6.92 Å². The van der Waals surface area contributed by atoms with Gasteiger partial charge in [-0.2, -0.15) is 0 Å². The topological polar surface area (TPSA) is 82.3 Å². The lowest BCUT2D eigenvalue weighted by Crippen LogP contribution is -1.96. The minimum atomic E-state index is -0.541. The quantitative estimate of drug-likeness (QED) is 0.488. The Labute approximate surface area is 119 Å². The number of carbonyl (C=O) groups is 1. The number of ether oxygens (including phenoxy) is 1. The van der Waals surface area contributed by atoms with Crippen LogP contribution in [0.25, 0.3) is 0 Å². The number of carbonyl (C=O) groups excluding carboxylic acids is 1. The van der Waals surface area contributed by atoms with E-state index in [1.165, 1.54) is 37.4 Å². The van der Waals surface area contributed by atoms with E-state index in [9.17, 15) is 14.9 Å². The van der Waals surface area contributed by atoms with Crippen LogP contribution in [-0.2, 0) is 0 Å². The van der Waals surface area contributed by atoms with Crippen molar-refractivity contribution in [2.75, 3.05) is 0 Å². The summed E-state index contributed by atoms with van der Waals surface area (Å²) in [5.74, 6) is 0.320. The smallest absolute Gasteiger partial charge is 0.273 e. The average Bonchev–Trinajstić information content (AvgIpc) is 2.41. The van der Waals surface area contributed by atoms with Gasteiger partial charge in [0.25, 0.3) is 5.69 Å². The summed E-state index contributed by atoms with van der Waals surface area (Å²) in [6, 6.07) is 6.93. The summed E-state index contributed by atoms with van der Waals surface area (Å²) in [5, 5.41) is 10.9. The molecule has 0 aliphatic rings. The molecule has 102 valence electrons. The molecule has 0 bridgehead atoms. The van der Waals surface area contributed by atoms with Crippen molar-refractivity contribution >= 4 is 23.1 Å². The fourth-order valence-corrected chi connectivity index (χ4v) is 1.62. The largest absolute Gasteiger partial charge is 0.454 e. The van der Waals surface area contributed by atoms with Crippen molar-refractivity contribution in [1.29, 1.82) is 0 Å². The second-order valence-electron chi connectivity index (χ2n) is 3.91. The van der Waals surface area contributed by atoms with E-state index in [4.69, 9.17) is 16.3 Å². The molecule has 6 nitrogen and oxygen atoms in total. The molecule has 0 radical (unpaired) electrons. The van der Waals surface area contributed by atoms with E-state index >= 15 is 0 Å². The fraction of sp³-hybridized carbons (Fsp3) is 0.0769. The Balaban J connectivity index is 2.27. The Bertz CT molecular complexity index is 671. The summed E-state index contributed by atoms with van der Waals surface area (Å²) in [6.07, 6.45) is 1.35. The number of nitro groups is 1. The molecule has 0 saturated heterocycles. The summed E-state index contributed by atoms with van der Waals surface area (Å²) in [4.78, 5) is 25.2. The Morgan fingerprint density at radius 2 is 2.10 bits per heavy atom. The van der Waals surface area contributed by atoms with Crippen molar-refractivity contribution in [2.24, 2.45) is 0 Å². The molecule has 0 spiro atoms. The lowest BCUT2D eigenvalue weighted by atomic mass is 10.2. The van der Waals surface area contributed by atoms with Crippen molar-refractivity contribution in [3.8, 4) is 11.5 Å². The summed E-state index contributed by atoms with van der Waals surface area (Å²) in [6.45, 7) is 1.40. The second kappa shape index (κ2) is 5.66. The summed E-state index contributed by atoms with van der Waals surface area (Å²) >= 11 is 5.91. The SMILES string of the molecule is CC(=O)c1ccc(Oc2cc([N+](=O)[O-])ccc2Cl)cn1. The van der Waals surface area contributed by atoms with Crippen molar-refractivity contribution < 1.29 is 14.5 Å². The highest BCUT2D eigenvalue weighted by Crippen LogP contribution is 2.32. The van der Waals surface area contributed by atoms with E-state index in [1.807, 2.05) is 0 Å². The predicted octanol–water partition coefficient (Wildman–Crippen LogP) is 3.64. The van der Waals surface area contributed by atoms with Crippen LogP contribution in [0.2, 0.25) is 5.02 Å². The Morgan fingerprint density at radius 1 is 1.35 bits per heavy atom. The van der Waals surface area contributed by atoms with Crippen LogP contribution in [0, 0.1) is 10.1 Å². The lowest BCUT2D eigenvalue weighted by molar-refractivity contribution is -0.384. The van der Waals surface area contributed by atoms with Gasteiger partial charge in [-0.15, -0.1) is 0 Å². The molecule has 0 saturated carbocycles. The maximum absolute atomic E-state index is 11.1. The number of aromatic nitrogens is 1. The average molecular weight is 293 g/mol. The number of nitro benzene ring substituents is 1. The van der Waals surface area contributed by atoms with Gasteiger partial charge in [-0.05, 0) is 18.2 Å². The molecular weight excluding hydrogens is 284 g/mol. The number of rotatable bonds is 4. The van der Waals surface area contributed by atoms with Crippen LogP contribution in [0.5, 0.6) is 11.5 Å². The number of pyridine rings is 1. The van der Waals surface area contributed by atoms with Gasteiger partial charge in [-0.25, -0.2) is 4.98 Å². The van der Waals surface area contributed by atoms with Gasteiger partial charge in [-0.1, -0.05) is 11.6 Å². The van der Waals surface area contributed by atoms with Gasteiger partial charge < -0.3 is 4.74 Å². The minimum Gasteiger partial charge on any atom is -0.454 e. The Kier molecular flexibility index (Phi) is 3.95. The van der Waals surface area contributed by atoms with E-state index in [2.05, 4.69) is 4.98 Å². The van der Waals surface area contributed by atoms with E-state index in [0.29, 0.717) is 11.4 Å². The molecule has 1 aromatic heterocycles. The molecule has 7 heteroatoms. The normalized spacial score (nSPS) is 10.1. The Hall–Kier alpha value is -2.47. The molecule has 2 rings (SSSR count). The van der Waals surface area contributed by atoms with E-state index in [-0.39, 0.29) is 22.2 Å². The van der Waals surface area contributed by atoms with Crippen molar-refractivity contribution in [3.63, 3.8) is 0 Å². The molecule has 1 aromatic carbocycles. The van der Waals surface area contributed by atoms with Crippen LogP contribution in [0.4, 0.5) is 5.69 Å².